The largest absolute Gasteiger partial charge is 0.329 e. The first-order chi connectivity index (χ1) is 9.08. The van der Waals surface area contributed by atoms with Crippen molar-refractivity contribution in [2.75, 3.05) is 13.6 Å². The van der Waals surface area contributed by atoms with Gasteiger partial charge in [-0.2, -0.15) is 0 Å². The minimum atomic E-state index is 0.181. The molecule has 0 aliphatic heterocycles. The summed E-state index contributed by atoms with van der Waals surface area (Å²) in [4.78, 5) is 2.48. The Kier molecular flexibility index (Phi) is 5.04. The summed E-state index contributed by atoms with van der Waals surface area (Å²) in [5.74, 6) is 0.684. The minimum Gasteiger partial charge on any atom is -0.329 e. The van der Waals surface area contributed by atoms with Crippen molar-refractivity contribution in [2.24, 2.45) is 11.7 Å². The zero-order valence-electron chi connectivity index (χ0n) is 12.0. The SMILES string of the molecule is CC1CCCCC1(CN)N(C)Cc1cccc(Br)c1. The van der Waals surface area contributed by atoms with Crippen molar-refractivity contribution in [1.29, 1.82) is 0 Å². The molecule has 2 rings (SSSR count). The summed E-state index contributed by atoms with van der Waals surface area (Å²) in [5.41, 5.74) is 7.69. The van der Waals surface area contributed by atoms with Crippen molar-refractivity contribution in [3.63, 3.8) is 0 Å². The highest BCUT2D eigenvalue weighted by Gasteiger charge is 2.40. The van der Waals surface area contributed by atoms with E-state index in [1.165, 1.54) is 31.2 Å². The van der Waals surface area contributed by atoms with E-state index in [1.807, 2.05) is 0 Å². The predicted octanol–water partition coefficient (Wildman–Crippen LogP) is 3.79. The number of likely N-dealkylation sites (N-methyl/N-ethyl adjacent to an activating group) is 1. The van der Waals surface area contributed by atoms with Crippen LogP contribution in [0.1, 0.15) is 38.2 Å². The molecule has 0 bridgehead atoms. The first-order valence-corrected chi connectivity index (χ1v) is 8.03. The molecule has 0 amide bonds. The highest BCUT2D eigenvalue weighted by Crippen LogP contribution is 2.37. The second-order valence-corrected chi connectivity index (χ2v) is 6.86. The average Bonchev–Trinajstić information content (AvgIpc) is 2.39. The predicted molar refractivity (Wildman–Crippen MR) is 85.0 cm³/mol. The fourth-order valence-electron chi connectivity index (χ4n) is 3.49. The molecule has 1 fully saturated rings. The fourth-order valence-corrected chi connectivity index (χ4v) is 3.94. The molecule has 1 aliphatic carbocycles. The van der Waals surface area contributed by atoms with Crippen LogP contribution in [0.3, 0.4) is 0 Å². The zero-order chi connectivity index (χ0) is 13.9. The summed E-state index contributed by atoms with van der Waals surface area (Å²) >= 11 is 3.55. The summed E-state index contributed by atoms with van der Waals surface area (Å²) in [6.07, 6.45) is 5.20. The quantitative estimate of drug-likeness (QED) is 0.913. The number of nitrogens with two attached hydrogens (primary N) is 1. The van der Waals surface area contributed by atoms with Crippen LogP contribution in [0.15, 0.2) is 28.7 Å². The first kappa shape index (κ1) is 15.0. The van der Waals surface area contributed by atoms with Crippen molar-refractivity contribution in [2.45, 2.75) is 44.7 Å². The third-order valence-electron chi connectivity index (χ3n) is 4.84. The highest BCUT2D eigenvalue weighted by atomic mass is 79.9. The van der Waals surface area contributed by atoms with Gasteiger partial charge in [-0.05, 0) is 43.5 Å². The molecule has 3 heteroatoms. The molecule has 2 nitrogen and oxygen atoms in total. The Morgan fingerprint density at radius 3 is 2.84 bits per heavy atom. The van der Waals surface area contributed by atoms with Crippen molar-refractivity contribution >= 4 is 15.9 Å². The molecule has 19 heavy (non-hydrogen) atoms. The van der Waals surface area contributed by atoms with Crippen molar-refractivity contribution in [1.82, 2.24) is 4.90 Å². The lowest BCUT2D eigenvalue weighted by Gasteiger charge is -2.48. The molecule has 2 N–H and O–H groups in total. The Morgan fingerprint density at radius 2 is 2.21 bits per heavy atom. The van der Waals surface area contributed by atoms with Gasteiger partial charge in [-0.15, -0.1) is 0 Å². The lowest BCUT2D eigenvalue weighted by molar-refractivity contribution is 0.0278. The van der Waals surface area contributed by atoms with Gasteiger partial charge in [-0.3, -0.25) is 4.90 Å². The van der Waals surface area contributed by atoms with E-state index in [-0.39, 0.29) is 5.54 Å². The molecule has 1 saturated carbocycles. The Labute approximate surface area is 125 Å². The van der Waals surface area contributed by atoms with Crippen LogP contribution in [0.25, 0.3) is 0 Å². The van der Waals surface area contributed by atoms with Crippen molar-refractivity contribution in [3.05, 3.63) is 34.3 Å². The molecule has 0 heterocycles. The number of halogens is 1. The molecule has 0 saturated heterocycles. The van der Waals surface area contributed by atoms with E-state index in [1.54, 1.807) is 0 Å². The molecule has 0 spiro atoms. The van der Waals surface area contributed by atoms with E-state index in [4.69, 9.17) is 5.73 Å². The van der Waals surface area contributed by atoms with Gasteiger partial charge in [-0.25, -0.2) is 0 Å². The van der Waals surface area contributed by atoms with E-state index >= 15 is 0 Å². The molecule has 1 aromatic carbocycles. The molecule has 2 unspecified atom stereocenters. The number of hydrogen-bond donors (Lipinski definition) is 1. The third-order valence-corrected chi connectivity index (χ3v) is 5.33. The van der Waals surface area contributed by atoms with E-state index in [0.717, 1.165) is 17.6 Å². The molecular weight excluding hydrogens is 300 g/mol. The van der Waals surface area contributed by atoms with Gasteiger partial charge < -0.3 is 5.73 Å². The first-order valence-electron chi connectivity index (χ1n) is 7.24. The molecule has 0 aromatic heterocycles. The van der Waals surface area contributed by atoms with Gasteiger partial charge in [0.25, 0.3) is 0 Å². The van der Waals surface area contributed by atoms with Crippen molar-refractivity contribution in [3.8, 4) is 0 Å². The number of hydrogen-bond acceptors (Lipinski definition) is 2. The molecular formula is C16H25BrN2. The van der Waals surface area contributed by atoms with Crippen LogP contribution >= 0.6 is 15.9 Å². The van der Waals surface area contributed by atoms with Crippen LogP contribution in [0.5, 0.6) is 0 Å². The monoisotopic (exact) mass is 324 g/mol. The van der Waals surface area contributed by atoms with Gasteiger partial charge in [0.1, 0.15) is 0 Å². The molecule has 1 aromatic rings. The second kappa shape index (κ2) is 6.38. The lowest BCUT2D eigenvalue weighted by atomic mass is 9.72. The molecule has 0 radical (unpaired) electrons. The summed E-state index contributed by atoms with van der Waals surface area (Å²) < 4.78 is 1.15. The summed E-state index contributed by atoms with van der Waals surface area (Å²) in [6, 6.07) is 8.57. The van der Waals surface area contributed by atoms with Crippen LogP contribution in [0.4, 0.5) is 0 Å². The summed E-state index contributed by atoms with van der Waals surface area (Å²) in [6.45, 7) is 4.10. The lowest BCUT2D eigenvalue weighted by Crippen LogP contribution is -2.57. The maximum absolute atomic E-state index is 6.16. The van der Waals surface area contributed by atoms with Crippen LogP contribution in [0.2, 0.25) is 0 Å². The molecule has 1 aliphatic rings. The maximum atomic E-state index is 6.16. The molecule has 2 atom stereocenters. The Balaban J connectivity index is 2.14. The second-order valence-electron chi connectivity index (χ2n) is 5.94. The smallest absolute Gasteiger partial charge is 0.0357 e. The van der Waals surface area contributed by atoms with Gasteiger partial charge in [0.2, 0.25) is 0 Å². The Hall–Kier alpha value is -0.380. The van der Waals surface area contributed by atoms with Crippen LogP contribution < -0.4 is 5.73 Å². The summed E-state index contributed by atoms with van der Waals surface area (Å²) in [5, 5.41) is 0. The zero-order valence-corrected chi connectivity index (χ0v) is 13.6. The Bertz CT molecular complexity index is 421. The van der Waals surface area contributed by atoms with Crippen molar-refractivity contribution < 1.29 is 0 Å². The number of benzene rings is 1. The van der Waals surface area contributed by atoms with E-state index in [2.05, 4.69) is 59.1 Å². The van der Waals surface area contributed by atoms with Crippen LogP contribution in [-0.4, -0.2) is 24.0 Å². The average molecular weight is 325 g/mol. The van der Waals surface area contributed by atoms with E-state index in [9.17, 15) is 0 Å². The summed E-state index contributed by atoms with van der Waals surface area (Å²) in [7, 11) is 2.23. The van der Waals surface area contributed by atoms with E-state index in [0.29, 0.717) is 5.92 Å². The van der Waals surface area contributed by atoms with Gasteiger partial charge in [-0.1, -0.05) is 47.8 Å². The van der Waals surface area contributed by atoms with Gasteiger partial charge in [0.15, 0.2) is 0 Å². The van der Waals surface area contributed by atoms with Crippen LogP contribution in [-0.2, 0) is 6.54 Å². The van der Waals surface area contributed by atoms with E-state index < -0.39 is 0 Å². The topological polar surface area (TPSA) is 29.3 Å². The number of rotatable bonds is 4. The number of nitrogens with zero attached hydrogens (tertiary/aromatic N) is 1. The van der Waals surface area contributed by atoms with Crippen LogP contribution in [0, 0.1) is 5.92 Å². The Morgan fingerprint density at radius 1 is 1.42 bits per heavy atom. The highest BCUT2D eigenvalue weighted by molar-refractivity contribution is 9.10. The standard InChI is InChI=1S/C16H25BrN2/c1-13-6-3-4-9-16(13,12-18)19(2)11-14-7-5-8-15(17)10-14/h5,7-8,10,13H,3-4,6,9,11-12,18H2,1-2H3. The van der Waals surface area contributed by atoms with Gasteiger partial charge in [0.05, 0.1) is 0 Å². The third kappa shape index (κ3) is 3.21. The maximum Gasteiger partial charge on any atom is 0.0357 e. The molecule has 106 valence electrons. The van der Waals surface area contributed by atoms with Gasteiger partial charge >= 0.3 is 0 Å². The van der Waals surface area contributed by atoms with Gasteiger partial charge in [0, 0.05) is 23.1 Å². The fraction of sp³-hybridized carbons (Fsp3) is 0.625. The minimum absolute atomic E-state index is 0.181. The normalized spacial score (nSPS) is 27.7.